The molecular formula is C11H23NO4S. The van der Waals surface area contributed by atoms with Gasteiger partial charge in [0.1, 0.15) is 6.04 Å². The summed E-state index contributed by atoms with van der Waals surface area (Å²) in [5.74, 6) is 0.949. The number of methoxy groups -OCH3 is 1. The van der Waals surface area contributed by atoms with Crippen molar-refractivity contribution in [2.45, 2.75) is 38.5 Å². The van der Waals surface area contributed by atoms with Crippen LogP contribution in [0.5, 0.6) is 0 Å². The molecule has 0 radical (unpaired) electrons. The van der Waals surface area contributed by atoms with Gasteiger partial charge in [-0.25, -0.2) is 0 Å². The molecule has 0 aliphatic carbocycles. The number of rotatable bonds is 9. The van der Waals surface area contributed by atoms with Gasteiger partial charge in [-0.1, -0.05) is 13.8 Å². The van der Waals surface area contributed by atoms with Gasteiger partial charge in [-0.05, 0) is 12.2 Å². The predicted molar refractivity (Wildman–Crippen MR) is 69.1 cm³/mol. The van der Waals surface area contributed by atoms with Gasteiger partial charge in [0.15, 0.2) is 0 Å². The van der Waals surface area contributed by atoms with Gasteiger partial charge in [0.05, 0.1) is 19.8 Å². The van der Waals surface area contributed by atoms with E-state index in [0.717, 1.165) is 5.75 Å². The van der Waals surface area contributed by atoms with Crippen LogP contribution in [-0.4, -0.2) is 59.6 Å². The van der Waals surface area contributed by atoms with Gasteiger partial charge in [0, 0.05) is 11.8 Å². The number of carbonyl (C=O) groups excluding carboxylic acids is 1. The van der Waals surface area contributed by atoms with Gasteiger partial charge in [0.25, 0.3) is 0 Å². The minimum absolute atomic E-state index is 0.215. The Balaban J connectivity index is 3.87. The van der Waals surface area contributed by atoms with Crippen LogP contribution in [0.15, 0.2) is 0 Å². The Morgan fingerprint density at radius 2 is 2.12 bits per heavy atom. The summed E-state index contributed by atoms with van der Waals surface area (Å²) in [6, 6.07) is -0.0918. The summed E-state index contributed by atoms with van der Waals surface area (Å²) in [4.78, 5) is 11.4. The van der Waals surface area contributed by atoms with Crippen molar-refractivity contribution < 1.29 is 19.7 Å². The Morgan fingerprint density at radius 1 is 1.47 bits per heavy atom. The van der Waals surface area contributed by atoms with Gasteiger partial charge in [-0.3, -0.25) is 4.79 Å². The van der Waals surface area contributed by atoms with Crippen LogP contribution in [0, 0.1) is 0 Å². The van der Waals surface area contributed by atoms with Crippen molar-refractivity contribution in [3.05, 3.63) is 0 Å². The highest BCUT2D eigenvalue weighted by molar-refractivity contribution is 7.99. The van der Waals surface area contributed by atoms with Gasteiger partial charge in [0.2, 0.25) is 0 Å². The molecule has 0 aromatic heterocycles. The highest BCUT2D eigenvalue weighted by Crippen LogP contribution is 2.08. The minimum Gasteiger partial charge on any atom is -0.468 e. The molecule has 0 spiro atoms. The van der Waals surface area contributed by atoms with Crippen LogP contribution >= 0.6 is 11.8 Å². The number of aliphatic hydroxyl groups is 2. The zero-order valence-corrected chi connectivity index (χ0v) is 11.5. The lowest BCUT2D eigenvalue weighted by Gasteiger charge is -2.18. The molecule has 0 aliphatic rings. The maximum absolute atomic E-state index is 11.4. The fourth-order valence-electron chi connectivity index (χ4n) is 1.29. The van der Waals surface area contributed by atoms with Gasteiger partial charge in [-0.15, -0.1) is 0 Å². The maximum Gasteiger partial charge on any atom is 0.322 e. The number of hydrogen-bond donors (Lipinski definition) is 3. The first-order chi connectivity index (χ1) is 8.01. The number of ether oxygens (including phenoxy) is 1. The monoisotopic (exact) mass is 265 g/mol. The van der Waals surface area contributed by atoms with Gasteiger partial charge < -0.3 is 20.3 Å². The minimum atomic E-state index is -0.686. The smallest absolute Gasteiger partial charge is 0.322 e. The summed E-state index contributed by atoms with van der Waals surface area (Å²) in [5.41, 5.74) is 0. The Kier molecular flexibility index (Phi) is 9.53. The molecular weight excluding hydrogens is 242 g/mol. The first kappa shape index (κ1) is 16.7. The summed E-state index contributed by atoms with van der Waals surface area (Å²) < 4.78 is 4.71. The average molecular weight is 265 g/mol. The van der Waals surface area contributed by atoms with Crippen LogP contribution in [0.3, 0.4) is 0 Å². The fourth-order valence-corrected chi connectivity index (χ4v) is 2.23. The van der Waals surface area contributed by atoms with Crippen LogP contribution in [0.2, 0.25) is 0 Å². The Labute approximate surface area is 107 Å². The van der Waals surface area contributed by atoms with Crippen molar-refractivity contribution in [1.82, 2.24) is 5.32 Å². The van der Waals surface area contributed by atoms with Crippen LogP contribution in [-0.2, 0) is 9.53 Å². The zero-order valence-electron chi connectivity index (χ0n) is 10.7. The lowest BCUT2D eigenvalue weighted by molar-refractivity contribution is -0.143. The van der Waals surface area contributed by atoms with Crippen molar-refractivity contribution in [3.63, 3.8) is 0 Å². The van der Waals surface area contributed by atoms with E-state index in [1.807, 2.05) is 13.8 Å². The quantitative estimate of drug-likeness (QED) is 0.402. The van der Waals surface area contributed by atoms with Crippen LogP contribution in [0.1, 0.15) is 20.3 Å². The lowest BCUT2D eigenvalue weighted by Crippen LogP contribution is -2.42. The maximum atomic E-state index is 11.4. The molecule has 6 heteroatoms. The molecule has 0 aliphatic heterocycles. The first-order valence-corrected chi connectivity index (χ1v) is 6.87. The molecule has 0 aromatic rings. The van der Waals surface area contributed by atoms with E-state index in [-0.39, 0.29) is 24.7 Å². The number of thioether (sulfide) groups is 1. The molecule has 17 heavy (non-hydrogen) atoms. The Hall–Kier alpha value is -0.300. The zero-order chi connectivity index (χ0) is 13.3. The van der Waals surface area contributed by atoms with E-state index in [1.165, 1.54) is 18.9 Å². The van der Waals surface area contributed by atoms with Gasteiger partial charge in [-0.2, -0.15) is 11.8 Å². The summed E-state index contributed by atoms with van der Waals surface area (Å²) in [5, 5.41) is 20.9. The van der Waals surface area contributed by atoms with E-state index in [9.17, 15) is 4.79 Å². The molecule has 102 valence electrons. The third-order valence-corrected chi connectivity index (χ3v) is 3.24. The summed E-state index contributed by atoms with van der Waals surface area (Å²) in [6.45, 7) is 3.72. The van der Waals surface area contributed by atoms with Crippen molar-refractivity contribution in [2.75, 3.05) is 25.2 Å². The molecule has 0 bridgehead atoms. The van der Waals surface area contributed by atoms with Crippen LogP contribution < -0.4 is 5.32 Å². The van der Waals surface area contributed by atoms with E-state index in [2.05, 4.69) is 5.32 Å². The Morgan fingerprint density at radius 3 is 2.59 bits per heavy atom. The molecule has 0 saturated carbocycles. The summed E-state index contributed by atoms with van der Waals surface area (Å²) >= 11 is 1.51. The average Bonchev–Trinajstić information content (AvgIpc) is 2.31. The largest absolute Gasteiger partial charge is 0.468 e. The number of aliphatic hydroxyl groups excluding tert-OH is 2. The first-order valence-electron chi connectivity index (χ1n) is 5.71. The highest BCUT2D eigenvalue weighted by Gasteiger charge is 2.19. The summed E-state index contributed by atoms with van der Waals surface area (Å²) in [7, 11) is 1.37. The molecule has 3 N–H and O–H groups in total. The molecule has 0 amide bonds. The molecule has 0 heterocycles. The molecule has 2 unspecified atom stereocenters. The van der Waals surface area contributed by atoms with Crippen LogP contribution in [0.25, 0.3) is 0 Å². The summed E-state index contributed by atoms with van der Waals surface area (Å²) in [6.07, 6.45) is -0.0390. The van der Waals surface area contributed by atoms with Crippen molar-refractivity contribution in [1.29, 1.82) is 0 Å². The molecule has 5 nitrogen and oxygen atoms in total. The fraction of sp³-hybridized carbons (Fsp3) is 0.909. The van der Waals surface area contributed by atoms with Gasteiger partial charge >= 0.3 is 5.97 Å². The van der Waals surface area contributed by atoms with E-state index < -0.39 is 6.10 Å². The molecule has 0 rings (SSSR count). The lowest BCUT2D eigenvalue weighted by atomic mass is 10.2. The highest BCUT2D eigenvalue weighted by atomic mass is 32.2. The second kappa shape index (κ2) is 9.70. The normalized spacial score (nSPS) is 14.7. The third kappa shape index (κ3) is 8.43. The van der Waals surface area contributed by atoms with Crippen molar-refractivity contribution >= 4 is 17.7 Å². The molecule has 2 atom stereocenters. The molecule has 0 saturated heterocycles. The second-order valence-corrected chi connectivity index (χ2v) is 5.25. The van der Waals surface area contributed by atoms with E-state index in [0.29, 0.717) is 12.2 Å². The SMILES string of the molecule is COC(=O)C(CCSCC(O)CO)NC(C)C. The second-order valence-electron chi connectivity index (χ2n) is 4.10. The molecule has 0 aromatic carbocycles. The van der Waals surface area contributed by atoms with Crippen molar-refractivity contribution in [3.8, 4) is 0 Å². The number of hydrogen-bond acceptors (Lipinski definition) is 6. The van der Waals surface area contributed by atoms with E-state index in [1.54, 1.807) is 0 Å². The third-order valence-electron chi connectivity index (χ3n) is 2.09. The van der Waals surface area contributed by atoms with Crippen molar-refractivity contribution in [2.24, 2.45) is 0 Å². The standard InChI is InChI=1S/C11H23NO4S/c1-8(2)12-10(11(15)16-3)4-5-17-7-9(14)6-13/h8-10,12-14H,4-7H2,1-3H3. The van der Waals surface area contributed by atoms with Crippen LogP contribution in [0.4, 0.5) is 0 Å². The number of esters is 1. The predicted octanol–water partition coefficient (Wildman–Crippen LogP) is 0.00250. The van der Waals surface area contributed by atoms with E-state index in [4.69, 9.17) is 14.9 Å². The van der Waals surface area contributed by atoms with E-state index >= 15 is 0 Å². The Bertz CT molecular complexity index is 214. The number of nitrogens with one attached hydrogen (secondary N) is 1. The number of carbonyl (C=O) groups is 1. The molecule has 0 fully saturated rings. The topological polar surface area (TPSA) is 78.8 Å².